The summed E-state index contributed by atoms with van der Waals surface area (Å²) in [5, 5.41) is 9.18. The first-order chi connectivity index (χ1) is 6.56. The number of carbonyl (C=O) groups excluding carboxylic acids is 1. The topological polar surface area (TPSA) is 72.5 Å². The molecule has 0 radical (unpaired) electrons. The van der Waals surface area contributed by atoms with Gasteiger partial charge in [0.1, 0.15) is 5.75 Å². The fourth-order valence-electron chi connectivity index (χ4n) is 1.16. The van der Waals surface area contributed by atoms with Crippen LogP contribution in [0.25, 0.3) is 0 Å². The Morgan fingerprint density at radius 2 is 2.21 bits per heavy atom. The van der Waals surface area contributed by atoms with Crippen LogP contribution < -0.4 is 5.73 Å². The number of rotatable bonds is 2. The summed E-state index contributed by atoms with van der Waals surface area (Å²) in [6.07, 6.45) is 0. The van der Waals surface area contributed by atoms with Crippen molar-refractivity contribution in [1.29, 1.82) is 0 Å². The highest BCUT2D eigenvalue weighted by Crippen LogP contribution is 2.25. The number of methoxy groups -OCH3 is 1. The van der Waals surface area contributed by atoms with Gasteiger partial charge >= 0.3 is 5.97 Å². The Kier molecular flexibility index (Phi) is 2.96. The van der Waals surface area contributed by atoms with Crippen LogP contribution in [0.15, 0.2) is 18.2 Å². The van der Waals surface area contributed by atoms with E-state index in [2.05, 4.69) is 4.74 Å². The summed E-state index contributed by atoms with van der Waals surface area (Å²) in [4.78, 5) is 11.2. The molecule has 1 atom stereocenters. The van der Waals surface area contributed by atoms with Gasteiger partial charge in [-0.25, -0.2) is 0 Å². The number of hydrogen-bond donors (Lipinski definition) is 2. The van der Waals surface area contributed by atoms with Crippen molar-refractivity contribution in [3.63, 3.8) is 0 Å². The Hall–Kier alpha value is -1.71. The molecular formula is C10H13NO3. The molecule has 0 aliphatic heterocycles. The van der Waals surface area contributed by atoms with Gasteiger partial charge in [0.2, 0.25) is 0 Å². The van der Waals surface area contributed by atoms with Crippen LogP contribution in [0.1, 0.15) is 18.4 Å². The largest absolute Gasteiger partial charge is 0.506 e. The number of nitrogens with two attached hydrogens (primary N) is 1. The Bertz CT molecular complexity index is 349. The number of nitrogen functional groups attached to an aromatic ring is 1. The van der Waals surface area contributed by atoms with Gasteiger partial charge in [0, 0.05) is 0 Å². The van der Waals surface area contributed by atoms with Crippen LogP contribution in [0, 0.1) is 0 Å². The first kappa shape index (κ1) is 10.4. The average Bonchev–Trinajstić information content (AvgIpc) is 2.20. The molecule has 3 N–H and O–H groups in total. The van der Waals surface area contributed by atoms with Gasteiger partial charge in [-0.15, -0.1) is 0 Å². The van der Waals surface area contributed by atoms with E-state index in [0.717, 1.165) is 5.56 Å². The molecule has 0 fully saturated rings. The maximum atomic E-state index is 11.2. The molecule has 1 rings (SSSR count). The maximum absolute atomic E-state index is 11.2. The van der Waals surface area contributed by atoms with Crippen molar-refractivity contribution in [2.24, 2.45) is 0 Å². The van der Waals surface area contributed by atoms with E-state index in [1.807, 2.05) is 0 Å². The Morgan fingerprint density at radius 3 is 2.71 bits per heavy atom. The molecule has 0 aromatic heterocycles. The molecule has 0 spiro atoms. The van der Waals surface area contributed by atoms with E-state index >= 15 is 0 Å². The van der Waals surface area contributed by atoms with Gasteiger partial charge in [-0.3, -0.25) is 4.79 Å². The molecule has 1 aromatic rings. The standard InChI is InChI=1S/C10H13NO3/c1-6(10(13)14-2)7-3-4-9(12)8(11)5-7/h3-6,12H,11H2,1-2H3. The number of ether oxygens (including phenoxy) is 1. The van der Waals surface area contributed by atoms with E-state index in [1.54, 1.807) is 19.1 Å². The van der Waals surface area contributed by atoms with Crippen LogP contribution in [0.5, 0.6) is 5.75 Å². The van der Waals surface area contributed by atoms with Crippen molar-refractivity contribution in [2.45, 2.75) is 12.8 Å². The minimum Gasteiger partial charge on any atom is -0.506 e. The summed E-state index contributed by atoms with van der Waals surface area (Å²) in [7, 11) is 1.34. The minimum absolute atomic E-state index is 0.0193. The molecule has 4 nitrogen and oxygen atoms in total. The number of hydrogen-bond acceptors (Lipinski definition) is 4. The average molecular weight is 195 g/mol. The van der Waals surface area contributed by atoms with Crippen LogP contribution in [0.2, 0.25) is 0 Å². The summed E-state index contributed by atoms with van der Waals surface area (Å²) in [5.74, 6) is -0.677. The number of anilines is 1. The summed E-state index contributed by atoms with van der Waals surface area (Å²) < 4.78 is 4.59. The minimum atomic E-state index is -0.372. The van der Waals surface area contributed by atoms with Crippen LogP contribution in [0.4, 0.5) is 5.69 Å². The van der Waals surface area contributed by atoms with Gasteiger partial charge in [-0.1, -0.05) is 6.07 Å². The third-order valence-corrected chi connectivity index (χ3v) is 2.11. The normalized spacial score (nSPS) is 12.1. The molecule has 14 heavy (non-hydrogen) atoms. The molecular weight excluding hydrogens is 182 g/mol. The summed E-state index contributed by atoms with van der Waals surface area (Å²) in [5.41, 5.74) is 6.49. The number of esters is 1. The van der Waals surface area contributed by atoms with Gasteiger partial charge in [-0.05, 0) is 24.6 Å². The molecule has 4 heteroatoms. The first-order valence-electron chi connectivity index (χ1n) is 4.22. The lowest BCUT2D eigenvalue weighted by atomic mass is 10.0. The second-order valence-electron chi connectivity index (χ2n) is 3.06. The lowest BCUT2D eigenvalue weighted by molar-refractivity contribution is -0.141. The number of phenolic OH excluding ortho intramolecular Hbond substituents is 1. The SMILES string of the molecule is COC(=O)C(C)c1ccc(O)c(N)c1. The zero-order valence-electron chi connectivity index (χ0n) is 8.15. The van der Waals surface area contributed by atoms with E-state index in [4.69, 9.17) is 5.73 Å². The van der Waals surface area contributed by atoms with E-state index < -0.39 is 0 Å². The third-order valence-electron chi connectivity index (χ3n) is 2.11. The van der Waals surface area contributed by atoms with Crippen molar-refractivity contribution >= 4 is 11.7 Å². The summed E-state index contributed by atoms with van der Waals surface area (Å²) >= 11 is 0. The van der Waals surface area contributed by atoms with Crippen LogP contribution in [-0.2, 0) is 9.53 Å². The van der Waals surface area contributed by atoms with Crippen LogP contribution in [-0.4, -0.2) is 18.2 Å². The molecule has 0 saturated carbocycles. The predicted molar refractivity (Wildman–Crippen MR) is 53.0 cm³/mol. The Balaban J connectivity index is 2.96. The number of carbonyl (C=O) groups is 1. The number of phenols is 1. The molecule has 0 heterocycles. The zero-order valence-corrected chi connectivity index (χ0v) is 8.15. The summed E-state index contributed by atoms with van der Waals surface area (Å²) in [6.45, 7) is 1.72. The van der Waals surface area contributed by atoms with Gasteiger partial charge in [0.25, 0.3) is 0 Å². The Morgan fingerprint density at radius 1 is 1.57 bits per heavy atom. The van der Waals surface area contributed by atoms with E-state index in [1.165, 1.54) is 13.2 Å². The van der Waals surface area contributed by atoms with E-state index in [-0.39, 0.29) is 23.3 Å². The fourth-order valence-corrected chi connectivity index (χ4v) is 1.16. The van der Waals surface area contributed by atoms with Crippen molar-refractivity contribution in [3.05, 3.63) is 23.8 Å². The van der Waals surface area contributed by atoms with Crippen LogP contribution >= 0.6 is 0 Å². The molecule has 0 amide bonds. The van der Waals surface area contributed by atoms with E-state index in [9.17, 15) is 9.90 Å². The molecule has 0 bridgehead atoms. The first-order valence-corrected chi connectivity index (χ1v) is 4.22. The predicted octanol–water partition coefficient (Wildman–Crippen LogP) is 1.25. The second kappa shape index (κ2) is 4.00. The lowest BCUT2D eigenvalue weighted by Crippen LogP contribution is -2.10. The maximum Gasteiger partial charge on any atom is 0.312 e. The van der Waals surface area contributed by atoms with Crippen molar-refractivity contribution in [1.82, 2.24) is 0 Å². The third kappa shape index (κ3) is 1.96. The second-order valence-corrected chi connectivity index (χ2v) is 3.06. The van der Waals surface area contributed by atoms with Crippen molar-refractivity contribution in [2.75, 3.05) is 12.8 Å². The van der Waals surface area contributed by atoms with Gasteiger partial charge in [0.05, 0.1) is 18.7 Å². The molecule has 0 aliphatic rings. The molecule has 0 saturated heterocycles. The zero-order chi connectivity index (χ0) is 10.7. The Labute approximate surface area is 82.3 Å². The van der Waals surface area contributed by atoms with Crippen molar-refractivity contribution < 1.29 is 14.6 Å². The van der Waals surface area contributed by atoms with Crippen molar-refractivity contribution in [3.8, 4) is 5.75 Å². The highest BCUT2D eigenvalue weighted by atomic mass is 16.5. The highest BCUT2D eigenvalue weighted by molar-refractivity contribution is 5.78. The van der Waals surface area contributed by atoms with Gasteiger partial charge in [-0.2, -0.15) is 0 Å². The monoisotopic (exact) mass is 195 g/mol. The molecule has 0 aliphatic carbocycles. The quantitative estimate of drug-likeness (QED) is 0.423. The number of benzene rings is 1. The summed E-state index contributed by atoms with van der Waals surface area (Å²) in [6, 6.07) is 4.67. The highest BCUT2D eigenvalue weighted by Gasteiger charge is 2.16. The smallest absolute Gasteiger partial charge is 0.312 e. The van der Waals surface area contributed by atoms with Gasteiger partial charge in [0.15, 0.2) is 0 Å². The van der Waals surface area contributed by atoms with Gasteiger partial charge < -0.3 is 15.6 Å². The number of aromatic hydroxyl groups is 1. The fraction of sp³-hybridized carbons (Fsp3) is 0.300. The van der Waals surface area contributed by atoms with Crippen LogP contribution in [0.3, 0.4) is 0 Å². The molecule has 1 aromatic carbocycles. The van der Waals surface area contributed by atoms with E-state index in [0.29, 0.717) is 0 Å². The molecule has 1 unspecified atom stereocenters. The lowest BCUT2D eigenvalue weighted by Gasteiger charge is -2.10. The molecule has 76 valence electrons.